The third-order valence-electron chi connectivity index (χ3n) is 4.48. The van der Waals surface area contributed by atoms with Gasteiger partial charge >= 0.3 is 0 Å². The maximum Gasteiger partial charge on any atom is 0.223 e. The maximum absolute atomic E-state index is 12.9. The van der Waals surface area contributed by atoms with Crippen molar-refractivity contribution in [3.05, 3.63) is 35.4 Å². The molecule has 1 aliphatic rings. The Bertz CT molecular complexity index is 604. The van der Waals surface area contributed by atoms with E-state index in [1.165, 1.54) is 5.56 Å². The summed E-state index contributed by atoms with van der Waals surface area (Å²) < 4.78 is 0. The second kappa shape index (κ2) is 7.47. The summed E-state index contributed by atoms with van der Waals surface area (Å²) in [4.78, 5) is 26.5. The van der Waals surface area contributed by atoms with Crippen molar-refractivity contribution in [2.75, 3.05) is 6.54 Å². The number of carbonyl (C=O) groups excluding carboxylic acids is 2. The Labute approximate surface area is 145 Å². The average molecular weight is 330 g/mol. The summed E-state index contributed by atoms with van der Waals surface area (Å²) in [5.41, 5.74) is 2.29. The van der Waals surface area contributed by atoms with E-state index in [-0.39, 0.29) is 29.2 Å². The number of nitrogens with one attached hydrogen (secondary N) is 1. The molecule has 0 aliphatic carbocycles. The molecule has 1 fully saturated rings. The molecule has 2 rings (SSSR count). The zero-order chi connectivity index (χ0) is 17.9. The predicted octanol–water partition coefficient (Wildman–Crippen LogP) is 3.08. The summed E-state index contributed by atoms with van der Waals surface area (Å²) >= 11 is 0. The number of hydrogen-bond donors (Lipinski definition) is 1. The van der Waals surface area contributed by atoms with Gasteiger partial charge in [0.25, 0.3) is 0 Å². The van der Waals surface area contributed by atoms with Crippen molar-refractivity contribution < 1.29 is 9.59 Å². The van der Waals surface area contributed by atoms with Crippen LogP contribution >= 0.6 is 0 Å². The molecule has 1 amide bonds. The van der Waals surface area contributed by atoms with Crippen LogP contribution in [0.4, 0.5) is 0 Å². The largest absolute Gasteiger partial charge is 0.334 e. The van der Waals surface area contributed by atoms with Crippen molar-refractivity contribution >= 4 is 11.7 Å². The van der Waals surface area contributed by atoms with E-state index in [4.69, 9.17) is 0 Å². The van der Waals surface area contributed by atoms with Gasteiger partial charge in [0.15, 0.2) is 0 Å². The maximum atomic E-state index is 12.9. The lowest BCUT2D eigenvalue weighted by Gasteiger charge is -2.31. The SMILES string of the molecule is CC(=O)[C@@H]1C[C@H](N(Cc2cccc(C)c2)C(=O)CC(C)(C)C)CN1. The Morgan fingerprint density at radius 3 is 2.54 bits per heavy atom. The van der Waals surface area contributed by atoms with Crippen molar-refractivity contribution in [1.29, 1.82) is 0 Å². The molecule has 0 radical (unpaired) electrons. The third kappa shape index (κ3) is 5.17. The average Bonchev–Trinajstić information content (AvgIpc) is 2.92. The van der Waals surface area contributed by atoms with E-state index in [2.05, 4.69) is 51.2 Å². The molecule has 0 bridgehead atoms. The van der Waals surface area contributed by atoms with Crippen LogP contribution in [0.3, 0.4) is 0 Å². The summed E-state index contributed by atoms with van der Waals surface area (Å²) in [6.07, 6.45) is 1.22. The van der Waals surface area contributed by atoms with E-state index in [1.807, 2.05) is 11.0 Å². The first kappa shape index (κ1) is 18.7. The minimum absolute atomic E-state index is 0.0477. The molecule has 1 aliphatic heterocycles. The molecule has 2 atom stereocenters. The lowest BCUT2D eigenvalue weighted by molar-refractivity contribution is -0.136. The summed E-state index contributed by atoms with van der Waals surface area (Å²) in [6, 6.07) is 8.24. The molecule has 1 aromatic carbocycles. The van der Waals surface area contributed by atoms with Crippen LogP contribution in [0.25, 0.3) is 0 Å². The molecule has 1 heterocycles. The van der Waals surface area contributed by atoms with Crippen LogP contribution in [-0.4, -0.2) is 35.2 Å². The van der Waals surface area contributed by atoms with E-state index in [0.29, 0.717) is 25.9 Å². The highest BCUT2D eigenvalue weighted by Gasteiger charge is 2.34. The molecule has 1 N–H and O–H groups in total. The standard InChI is InChI=1S/C20H30N2O2/c1-14-7-6-8-16(9-14)13-22(19(24)11-20(3,4)5)17-10-18(15(2)23)21-12-17/h6-9,17-18,21H,10-13H2,1-5H3/t17-,18-/m0/s1. The van der Waals surface area contributed by atoms with Gasteiger partial charge in [-0.2, -0.15) is 0 Å². The molecule has 0 unspecified atom stereocenters. The van der Waals surface area contributed by atoms with E-state index in [1.54, 1.807) is 6.92 Å². The number of ketones is 1. The highest BCUT2D eigenvalue weighted by atomic mass is 16.2. The number of amides is 1. The van der Waals surface area contributed by atoms with Gasteiger partial charge in [-0.1, -0.05) is 50.6 Å². The Morgan fingerprint density at radius 2 is 2.00 bits per heavy atom. The monoisotopic (exact) mass is 330 g/mol. The lowest BCUT2D eigenvalue weighted by atomic mass is 9.91. The molecular formula is C20H30N2O2. The molecule has 1 aromatic rings. The van der Waals surface area contributed by atoms with Gasteiger partial charge in [0.1, 0.15) is 5.78 Å². The predicted molar refractivity (Wildman–Crippen MR) is 96.7 cm³/mol. The summed E-state index contributed by atoms with van der Waals surface area (Å²) in [7, 11) is 0. The van der Waals surface area contributed by atoms with Crippen LogP contribution in [-0.2, 0) is 16.1 Å². The number of nitrogens with zero attached hydrogens (tertiary/aromatic N) is 1. The number of carbonyl (C=O) groups is 2. The number of hydrogen-bond acceptors (Lipinski definition) is 3. The normalized spacial score (nSPS) is 20.9. The Kier molecular flexibility index (Phi) is 5.81. The minimum Gasteiger partial charge on any atom is -0.334 e. The van der Waals surface area contributed by atoms with Gasteiger partial charge in [-0.3, -0.25) is 9.59 Å². The van der Waals surface area contributed by atoms with E-state index < -0.39 is 0 Å². The quantitative estimate of drug-likeness (QED) is 0.902. The van der Waals surface area contributed by atoms with Crippen LogP contribution in [0, 0.1) is 12.3 Å². The molecule has 4 nitrogen and oxygen atoms in total. The summed E-state index contributed by atoms with van der Waals surface area (Å²) in [5.74, 6) is 0.316. The molecule has 24 heavy (non-hydrogen) atoms. The van der Waals surface area contributed by atoms with Crippen molar-refractivity contribution in [2.24, 2.45) is 5.41 Å². The van der Waals surface area contributed by atoms with Crippen LogP contribution < -0.4 is 5.32 Å². The number of Topliss-reactive ketones (excluding diaryl/α,β-unsaturated/α-hetero) is 1. The molecular weight excluding hydrogens is 300 g/mol. The first-order chi connectivity index (χ1) is 11.2. The van der Waals surface area contributed by atoms with Gasteiger partial charge in [-0.15, -0.1) is 0 Å². The van der Waals surface area contributed by atoms with Crippen molar-refractivity contribution in [3.63, 3.8) is 0 Å². The van der Waals surface area contributed by atoms with Crippen molar-refractivity contribution in [3.8, 4) is 0 Å². The van der Waals surface area contributed by atoms with Gasteiger partial charge in [-0.05, 0) is 31.2 Å². The van der Waals surface area contributed by atoms with Gasteiger partial charge < -0.3 is 10.2 Å². The Hall–Kier alpha value is -1.68. The second-order valence-corrected chi connectivity index (χ2v) is 8.21. The summed E-state index contributed by atoms with van der Waals surface area (Å²) in [6.45, 7) is 11.2. The Balaban J connectivity index is 2.18. The zero-order valence-corrected chi connectivity index (χ0v) is 15.6. The van der Waals surface area contributed by atoms with Gasteiger partial charge in [0.05, 0.1) is 6.04 Å². The first-order valence-corrected chi connectivity index (χ1v) is 8.74. The first-order valence-electron chi connectivity index (χ1n) is 8.74. The zero-order valence-electron chi connectivity index (χ0n) is 15.6. The van der Waals surface area contributed by atoms with Gasteiger partial charge in [0, 0.05) is 25.6 Å². The molecule has 0 spiro atoms. The molecule has 1 saturated heterocycles. The van der Waals surface area contributed by atoms with Crippen molar-refractivity contribution in [1.82, 2.24) is 10.2 Å². The van der Waals surface area contributed by atoms with Gasteiger partial charge in [0.2, 0.25) is 5.91 Å². The topological polar surface area (TPSA) is 49.4 Å². The molecule has 132 valence electrons. The van der Waals surface area contributed by atoms with E-state index in [0.717, 1.165) is 5.56 Å². The number of benzene rings is 1. The minimum atomic E-state index is -0.127. The van der Waals surface area contributed by atoms with Crippen LogP contribution in [0.5, 0.6) is 0 Å². The number of aryl methyl sites for hydroxylation is 1. The summed E-state index contributed by atoms with van der Waals surface area (Å²) in [5, 5.41) is 3.26. The van der Waals surface area contributed by atoms with Crippen LogP contribution in [0.1, 0.15) is 51.7 Å². The third-order valence-corrected chi connectivity index (χ3v) is 4.48. The van der Waals surface area contributed by atoms with Crippen LogP contribution in [0.2, 0.25) is 0 Å². The molecule has 4 heteroatoms. The van der Waals surface area contributed by atoms with Crippen LogP contribution in [0.15, 0.2) is 24.3 Å². The highest BCUT2D eigenvalue weighted by molar-refractivity contribution is 5.82. The number of rotatable bonds is 5. The fraction of sp³-hybridized carbons (Fsp3) is 0.600. The second-order valence-electron chi connectivity index (χ2n) is 8.21. The Morgan fingerprint density at radius 1 is 1.29 bits per heavy atom. The molecule has 0 aromatic heterocycles. The lowest BCUT2D eigenvalue weighted by Crippen LogP contribution is -2.42. The van der Waals surface area contributed by atoms with E-state index in [9.17, 15) is 9.59 Å². The highest BCUT2D eigenvalue weighted by Crippen LogP contribution is 2.24. The smallest absolute Gasteiger partial charge is 0.223 e. The van der Waals surface area contributed by atoms with Crippen molar-refractivity contribution in [2.45, 2.75) is 66.1 Å². The molecule has 0 saturated carbocycles. The van der Waals surface area contributed by atoms with E-state index >= 15 is 0 Å². The fourth-order valence-corrected chi connectivity index (χ4v) is 3.25. The van der Waals surface area contributed by atoms with Gasteiger partial charge in [-0.25, -0.2) is 0 Å². The fourth-order valence-electron chi connectivity index (χ4n) is 3.25.